The number of rotatable bonds is 3. The molecule has 1 aliphatic carbocycles. The highest BCUT2D eigenvalue weighted by atomic mass is 35.5. The predicted octanol–water partition coefficient (Wildman–Crippen LogP) is 3.17. The lowest BCUT2D eigenvalue weighted by atomic mass is 9.78. The lowest BCUT2D eigenvalue weighted by Gasteiger charge is -2.27. The number of anilines is 1. The van der Waals surface area contributed by atoms with Gasteiger partial charge in [-0.3, -0.25) is 9.59 Å². The standard InChI is InChI=1S/C14H16ClNO3/c15-9-4-3-5-10(8-9)16-13(17)11-6-1-2-7-12(11)14(18)19/h3-5,8,11-12H,1-2,6-7H2,(H,16,17)(H,18,19)/t11-,12+/m1/s1. The van der Waals surface area contributed by atoms with Crippen LogP contribution in [-0.2, 0) is 9.59 Å². The Bertz CT molecular complexity index is 489. The number of carbonyl (C=O) groups is 2. The molecule has 1 saturated carbocycles. The number of carbonyl (C=O) groups excluding carboxylic acids is 1. The summed E-state index contributed by atoms with van der Waals surface area (Å²) in [5.41, 5.74) is 0.604. The van der Waals surface area contributed by atoms with Crippen LogP contribution in [0.5, 0.6) is 0 Å². The summed E-state index contributed by atoms with van der Waals surface area (Å²) in [6, 6.07) is 6.85. The van der Waals surface area contributed by atoms with Crippen molar-refractivity contribution >= 4 is 29.2 Å². The van der Waals surface area contributed by atoms with Crippen molar-refractivity contribution in [3.63, 3.8) is 0 Å². The van der Waals surface area contributed by atoms with Crippen molar-refractivity contribution in [2.24, 2.45) is 11.8 Å². The van der Waals surface area contributed by atoms with Crippen molar-refractivity contribution in [2.75, 3.05) is 5.32 Å². The molecular weight excluding hydrogens is 266 g/mol. The third-order valence-corrected chi connectivity index (χ3v) is 3.75. The van der Waals surface area contributed by atoms with E-state index in [-0.39, 0.29) is 5.91 Å². The smallest absolute Gasteiger partial charge is 0.307 e. The van der Waals surface area contributed by atoms with Gasteiger partial charge in [-0.2, -0.15) is 0 Å². The average Bonchev–Trinajstić information content (AvgIpc) is 2.38. The average molecular weight is 282 g/mol. The number of carboxylic acids is 1. The van der Waals surface area contributed by atoms with Crippen molar-refractivity contribution in [1.82, 2.24) is 0 Å². The lowest BCUT2D eigenvalue weighted by Crippen LogP contribution is -2.36. The first-order valence-corrected chi connectivity index (χ1v) is 6.75. The number of benzene rings is 1. The molecule has 0 spiro atoms. The van der Waals surface area contributed by atoms with Gasteiger partial charge in [0.25, 0.3) is 0 Å². The van der Waals surface area contributed by atoms with Gasteiger partial charge in [-0.25, -0.2) is 0 Å². The molecule has 1 aromatic rings. The largest absolute Gasteiger partial charge is 0.481 e. The third kappa shape index (κ3) is 3.47. The molecule has 102 valence electrons. The Hall–Kier alpha value is -1.55. The third-order valence-electron chi connectivity index (χ3n) is 3.51. The van der Waals surface area contributed by atoms with E-state index >= 15 is 0 Å². The summed E-state index contributed by atoms with van der Waals surface area (Å²) in [4.78, 5) is 23.4. The first kappa shape index (κ1) is 13.9. The van der Waals surface area contributed by atoms with E-state index in [0.717, 1.165) is 12.8 Å². The summed E-state index contributed by atoms with van der Waals surface area (Å²) in [5, 5.41) is 12.5. The second kappa shape index (κ2) is 6.06. The molecule has 5 heteroatoms. The molecule has 0 unspecified atom stereocenters. The summed E-state index contributed by atoms with van der Waals surface area (Å²) in [6.07, 6.45) is 2.97. The van der Waals surface area contributed by atoms with Crippen LogP contribution >= 0.6 is 11.6 Å². The minimum Gasteiger partial charge on any atom is -0.481 e. The summed E-state index contributed by atoms with van der Waals surface area (Å²) in [5.74, 6) is -2.14. The van der Waals surface area contributed by atoms with Crippen LogP contribution in [0, 0.1) is 11.8 Å². The highest BCUT2D eigenvalue weighted by molar-refractivity contribution is 6.30. The van der Waals surface area contributed by atoms with Crippen molar-refractivity contribution in [2.45, 2.75) is 25.7 Å². The van der Waals surface area contributed by atoms with Crippen molar-refractivity contribution < 1.29 is 14.7 Å². The van der Waals surface area contributed by atoms with E-state index in [2.05, 4.69) is 5.32 Å². The fourth-order valence-electron chi connectivity index (χ4n) is 2.54. The van der Waals surface area contributed by atoms with Gasteiger partial charge in [0.05, 0.1) is 11.8 Å². The van der Waals surface area contributed by atoms with E-state index in [0.29, 0.717) is 23.6 Å². The fourth-order valence-corrected chi connectivity index (χ4v) is 2.73. The maximum Gasteiger partial charge on any atom is 0.307 e. The Balaban J connectivity index is 2.07. The summed E-state index contributed by atoms with van der Waals surface area (Å²) >= 11 is 5.85. The van der Waals surface area contributed by atoms with Gasteiger partial charge < -0.3 is 10.4 Å². The molecule has 2 rings (SSSR count). The molecule has 0 aliphatic heterocycles. The highest BCUT2D eigenvalue weighted by Crippen LogP contribution is 2.31. The van der Waals surface area contributed by atoms with E-state index in [4.69, 9.17) is 16.7 Å². The van der Waals surface area contributed by atoms with E-state index in [1.165, 1.54) is 0 Å². The van der Waals surface area contributed by atoms with Crippen molar-refractivity contribution in [3.8, 4) is 0 Å². The van der Waals surface area contributed by atoms with Crippen LogP contribution in [0.2, 0.25) is 5.02 Å². The van der Waals surface area contributed by atoms with Gasteiger partial charge in [-0.05, 0) is 31.0 Å². The van der Waals surface area contributed by atoms with Crippen molar-refractivity contribution in [3.05, 3.63) is 29.3 Å². The van der Waals surface area contributed by atoms with Gasteiger partial charge in [0.2, 0.25) is 5.91 Å². The molecule has 19 heavy (non-hydrogen) atoms. The minimum absolute atomic E-state index is 0.227. The molecule has 0 saturated heterocycles. The topological polar surface area (TPSA) is 66.4 Å². The maximum atomic E-state index is 12.2. The van der Waals surface area contributed by atoms with E-state index in [1.54, 1.807) is 24.3 Å². The monoisotopic (exact) mass is 281 g/mol. The minimum atomic E-state index is -0.883. The first-order valence-electron chi connectivity index (χ1n) is 6.37. The maximum absolute atomic E-state index is 12.2. The summed E-state index contributed by atoms with van der Waals surface area (Å²) in [6.45, 7) is 0. The molecule has 0 radical (unpaired) electrons. The van der Waals surface area contributed by atoms with Gasteiger partial charge in [0, 0.05) is 10.7 Å². The SMILES string of the molecule is O=C(O)[C@H]1CCCC[C@H]1C(=O)Nc1cccc(Cl)c1. The molecule has 0 bridgehead atoms. The zero-order valence-corrected chi connectivity index (χ0v) is 11.2. The second-order valence-electron chi connectivity index (χ2n) is 4.84. The quantitative estimate of drug-likeness (QED) is 0.894. The normalized spacial score (nSPS) is 22.8. The number of hydrogen-bond donors (Lipinski definition) is 2. The van der Waals surface area contributed by atoms with Gasteiger partial charge >= 0.3 is 5.97 Å². The summed E-state index contributed by atoms with van der Waals surface area (Å²) in [7, 11) is 0. The van der Waals surface area contributed by atoms with Gasteiger partial charge in [0.1, 0.15) is 0 Å². The lowest BCUT2D eigenvalue weighted by molar-refractivity contribution is -0.147. The Morgan fingerprint density at radius 2 is 1.89 bits per heavy atom. The molecule has 1 aromatic carbocycles. The Morgan fingerprint density at radius 1 is 1.21 bits per heavy atom. The number of nitrogens with one attached hydrogen (secondary N) is 1. The van der Waals surface area contributed by atoms with Crippen LogP contribution in [0.4, 0.5) is 5.69 Å². The zero-order valence-electron chi connectivity index (χ0n) is 10.4. The van der Waals surface area contributed by atoms with Crippen LogP contribution in [-0.4, -0.2) is 17.0 Å². The molecule has 1 amide bonds. The van der Waals surface area contributed by atoms with Crippen LogP contribution in [0.15, 0.2) is 24.3 Å². The molecule has 0 aromatic heterocycles. The van der Waals surface area contributed by atoms with Gasteiger partial charge in [-0.15, -0.1) is 0 Å². The predicted molar refractivity (Wildman–Crippen MR) is 73.2 cm³/mol. The fraction of sp³-hybridized carbons (Fsp3) is 0.429. The molecule has 0 heterocycles. The number of amides is 1. The number of aliphatic carboxylic acids is 1. The van der Waals surface area contributed by atoms with Gasteiger partial charge in [-0.1, -0.05) is 30.5 Å². The van der Waals surface area contributed by atoms with Crippen LogP contribution in [0.3, 0.4) is 0 Å². The molecule has 4 nitrogen and oxygen atoms in total. The summed E-state index contributed by atoms with van der Waals surface area (Å²) < 4.78 is 0. The van der Waals surface area contributed by atoms with E-state index in [1.807, 2.05) is 0 Å². The van der Waals surface area contributed by atoms with Crippen LogP contribution in [0.25, 0.3) is 0 Å². The number of carboxylic acid groups (broad SMARTS) is 1. The Morgan fingerprint density at radius 3 is 2.53 bits per heavy atom. The first-order chi connectivity index (χ1) is 9.08. The second-order valence-corrected chi connectivity index (χ2v) is 5.27. The number of hydrogen-bond acceptors (Lipinski definition) is 2. The molecule has 1 aliphatic rings. The van der Waals surface area contributed by atoms with Crippen LogP contribution in [0.1, 0.15) is 25.7 Å². The zero-order chi connectivity index (χ0) is 13.8. The molecular formula is C14H16ClNO3. The van der Waals surface area contributed by atoms with E-state index in [9.17, 15) is 9.59 Å². The number of halogens is 1. The van der Waals surface area contributed by atoms with Crippen molar-refractivity contribution in [1.29, 1.82) is 0 Å². The Kier molecular flexibility index (Phi) is 4.43. The Labute approximate surface area is 116 Å². The van der Waals surface area contributed by atoms with Gasteiger partial charge in [0.15, 0.2) is 0 Å². The molecule has 2 atom stereocenters. The van der Waals surface area contributed by atoms with E-state index < -0.39 is 17.8 Å². The molecule has 1 fully saturated rings. The molecule has 2 N–H and O–H groups in total. The van der Waals surface area contributed by atoms with Crippen LogP contribution < -0.4 is 5.32 Å². The highest BCUT2D eigenvalue weighted by Gasteiger charge is 2.35.